The summed E-state index contributed by atoms with van der Waals surface area (Å²) >= 11 is 0. The number of ether oxygens (including phenoxy) is 1. The van der Waals surface area contributed by atoms with Gasteiger partial charge in [-0.05, 0) is 50.8 Å². The van der Waals surface area contributed by atoms with Crippen LogP contribution in [-0.4, -0.2) is 61.7 Å². The second-order valence-electron chi connectivity index (χ2n) is 7.62. The highest BCUT2D eigenvalue weighted by molar-refractivity contribution is 14.0. The third kappa shape index (κ3) is 7.26. The molecular formula is C22H34IN5O3. The zero-order chi connectivity index (χ0) is 21.3. The first kappa shape index (κ1) is 25.2. The fourth-order valence-electron chi connectivity index (χ4n) is 3.81. The van der Waals surface area contributed by atoms with Crippen molar-refractivity contribution >= 4 is 47.6 Å². The zero-order valence-corrected chi connectivity index (χ0v) is 20.8. The quantitative estimate of drug-likeness (QED) is 0.327. The molecule has 2 amide bonds. The van der Waals surface area contributed by atoms with Crippen molar-refractivity contribution in [2.75, 3.05) is 37.7 Å². The Balaban J connectivity index is 0.00000341. The number of nitrogens with one attached hydrogen (secondary N) is 2. The summed E-state index contributed by atoms with van der Waals surface area (Å²) in [6.45, 7) is 7.80. The summed E-state index contributed by atoms with van der Waals surface area (Å²) in [5.41, 5.74) is 2.06. The Morgan fingerprint density at radius 3 is 2.45 bits per heavy atom. The van der Waals surface area contributed by atoms with E-state index in [1.165, 1.54) is 0 Å². The molecule has 1 aromatic carbocycles. The molecule has 1 aromatic rings. The number of benzene rings is 1. The molecule has 0 spiro atoms. The first-order valence-electron chi connectivity index (χ1n) is 11.0. The topological polar surface area (TPSA) is 86.3 Å². The van der Waals surface area contributed by atoms with Crippen LogP contribution in [0.4, 0.5) is 10.5 Å². The molecule has 0 bridgehead atoms. The van der Waals surface area contributed by atoms with Crippen molar-refractivity contribution < 1.29 is 14.3 Å². The van der Waals surface area contributed by atoms with Crippen LogP contribution in [0, 0.1) is 0 Å². The number of carbonyl (C=O) groups is 2. The van der Waals surface area contributed by atoms with Crippen molar-refractivity contribution in [2.45, 2.75) is 52.1 Å². The van der Waals surface area contributed by atoms with E-state index in [4.69, 9.17) is 9.73 Å². The molecule has 2 saturated heterocycles. The molecule has 31 heavy (non-hydrogen) atoms. The van der Waals surface area contributed by atoms with Crippen LogP contribution in [0.5, 0.6) is 0 Å². The smallest absolute Gasteiger partial charge is 0.409 e. The minimum absolute atomic E-state index is 0. The van der Waals surface area contributed by atoms with Gasteiger partial charge in [-0.25, -0.2) is 9.79 Å². The third-order valence-electron chi connectivity index (χ3n) is 5.45. The molecule has 0 atom stereocenters. The van der Waals surface area contributed by atoms with Crippen molar-refractivity contribution in [1.29, 1.82) is 0 Å². The van der Waals surface area contributed by atoms with E-state index in [0.717, 1.165) is 49.6 Å². The number of nitrogens with zero attached hydrogens (tertiary/aromatic N) is 3. The van der Waals surface area contributed by atoms with Gasteiger partial charge in [-0.15, -0.1) is 24.0 Å². The molecule has 8 nitrogen and oxygen atoms in total. The van der Waals surface area contributed by atoms with Crippen LogP contribution in [0.15, 0.2) is 29.3 Å². The van der Waals surface area contributed by atoms with Gasteiger partial charge in [-0.2, -0.15) is 0 Å². The third-order valence-corrected chi connectivity index (χ3v) is 5.45. The fraction of sp³-hybridized carbons (Fsp3) is 0.591. The number of rotatable bonds is 6. The lowest BCUT2D eigenvalue weighted by Crippen LogP contribution is -2.49. The number of amides is 2. The Morgan fingerprint density at radius 1 is 1.16 bits per heavy atom. The lowest BCUT2D eigenvalue weighted by Gasteiger charge is -2.32. The van der Waals surface area contributed by atoms with Crippen LogP contribution in [-0.2, 0) is 16.1 Å². The highest BCUT2D eigenvalue weighted by Gasteiger charge is 2.24. The van der Waals surface area contributed by atoms with Crippen molar-refractivity contribution in [3.63, 3.8) is 0 Å². The van der Waals surface area contributed by atoms with Crippen molar-refractivity contribution in [2.24, 2.45) is 4.99 Å². The highest BCUT2D eigenvalue weighted by Crippen LogP contribution is 2.21. The van der Waals surface area contributed by atoms with E-state index < -0.39 is 0 Å². The Labute approximate surface area is 201 Å². The standard InChI is InChI=1S/C22H33N5O3.HI/c1-3-23-21(25-18-11-14-26(15-12-18)22(29)30-4-2)24-16-17-7-9-19(10-8-17)27-13-5-6-20(27)28;/h7-10,18H,3-6,11-16H2,1-2H3,(H2,23,24,25);1H. The van der Waals surface area contributed by atoms with E-state index in [1.54, 1.807) is 4.90 Å². The first-order chi connectivity index (χ1) is 14.6. The predicted molar refractivity (Wildman–Crippen MR) is 133 cm³/mol. The number of anilines is 1. The fourth-order valence-corrected chi connectivity index (χ4v) is 3.81. The summed E-state index contributed by atoms with van der Waals surface area (Å²) in [6.07, 6.45) is 3.07. The summed E-state index contributed by atoms with van der Waals surface area (Å²) in [7, 11) is 0. The normalized spacial score (nSPS) is 17.4. The maximum Gasteiger partial charge on any atom is 0.409 e. The molecule has 2 heterocycles. The lowest BCUT2D eigenvalue weighted by atomic mass is 10.1. The number of piperidine rings is 1. The van der Waals surface area contributed by atoms with Crippen LogP contribution in [0.25, 0.3) is 0 Å². The van der Waals surface area contributed by atoms with E-state index in [0.29, 0.717) is 32.7 Å². The van der Waals surface area contributed by atoms with E-state index in [2.05, 4.69) is 10.6 Å². The van der Waals surface area contributed by atoms with Gasteiger partial charge in [0.25, 0.3) is 0 Å². The van der Waals surface area contributed by atoms with Gasteiger partial charge in [0, 0.05) is 44.3 Å². The van der Waals surface area contributed by atoms with Gasteiger partial charge in [0.05, 0.1) is 13.2 Å². The van der Waals surface area contributed by atoms with Crippen LogP contribution in [0.2, 0.25) is 0 Å². The van der Waals surface area contributed by atoms with Crippen molar-refractivity contribution in [1.82, 2.24) is 15.5 Å². The van der Waals surface area contributed by atoms with Crippen molar-refractivity contribution in [3.05, 3.63) is 29.8 Å². The number of guanidine groups is 1. The summed E-state index contributed by atoms with van der Waals surface area (Å²) < 4.78 is 5.08. The van der Waals surface area contributed by atoms with E-state index in [1.807, 2.05) is 43.0 Å². The van der Waals surface area contributed by atoms with Gasteiger partial charge in [0.2, 0.25) is 5.91 Å². The number of halogens is 1. The number of aliphatic imine (C=N–C) groups is 1. The predicted octanol–water partition coefficient (Wildman–Crippen LogP) is 3.11. The Hall–Kier alpha value is -2.04. The monoisotopic (exact) mass is 543 g/mol. The zero-order valence-electron chi connectivity index (χ0n) is 18.4. The number of hydrogen-bond acceptors (Lipinski definition) is 4. The minimum Gasteiger partial charge on any atom is -0.450 e. The number of carbonyl (C=O) groups excluding carboxylic acids is 2. The molecule has 2 fully saturated rings. The largest absolute Gasteiger partial charge is 0.450 e. The summed E-state index contributed by atoms with van der Waals surface area (Å²) in [4.78, 5) is 32.0. The van der Waals surface area contributed by atoms with Gasteiger partial charge in [0.15, 0.2) is 5.96 Å². The average molecular weight is 543 g/mol. The van der Waals surface area contributed by atoms with Gasteiger partial charge in [-0.1, -0.05) is 12.1 Å². The molecule has 2 aliphatic rings. The summed E-state index contributed by atoms with van der Waals surface area (Å²) in [5.74, 6) is 0.985. The average Bonchev–Trinajstić information content (AvgIpc) is 3.19. The Bertz CT molecular complexity index is 748. The summed E-state index contributed by atoms with van der Waals surface area (Å²) in [6, 6.07) is 8.34. The Morgan fingerprint density at radius 2 is 1.87 bits per heavy atom. The van der Waals surface area contributed by atoms with E-state index in [-0.39, 0.29) is 42.0 Å². The van der Waals surface area contributed by atoms with Crippen LogP contribution in [0.1, 0.15) is 45.1 Å². The molecule has 172 valence electrons. The molecule has 0 unspecified atom stereocenters. The molecule has 2 N–H and O–H groups in total. The first-order valence-corrected chi connectivity index (χ1v) is 11.0. The summed E-state index contributed by atoms with van der Waals surface area (Å²) in [5, 5.41) is 6.78. The highest BCUT2D eigenvalue weighted by atomic mass is 127. The molecule has 0 aromatic heterocycles. The SMILES string of the molecule is CCNC(=NCc1ccc(N2CCCC2=O)cc1)NC1CCN(C(=O)OCC)CC1.I. The molecule has 0 saturated carbocycles. The second-order valence-corrected chi connectivity index (χ2v) is 7.62. The molecule has 9 heteroatoms. The van der Waals surface area contributed by atoms with E-state index >= 15 is 0 Å². The van der Waals surface area contributed by atoms with E-state index in [9.17, 15) is 9.59 Å². The number of likely N-dealkylation sites (tertiary alicyclic amines) is 1. The molecule has 0 aliphatic carbocycles. The van der Waals surface area contributed by atoms with Crippen molar-refractivity contribution in [3.8, 4) is 0 Å². The van der Waals surface area contributed by atoms with Crippen LogP contribution < -0.4 is 15.5 Å². The van der Waals surface area contributed by atoms with Gasteiger partial charge in [0.1, 0.15) is 0 Å². The van der Waals surface area contributed by atoms with Gasteiger partial charge >= 0.3 is 6.09 Å². The molecule has 2 aliphatic heterocycles. The number of hydrogen-bond donors (Lipinski definition) is 2. The molecular weight excluding hydrogens is 509 g/mol. The Kier molecular flexibility index (Phi) is 10.4. The molecule has 0 radical (unpaired) electrons. The van der Waals surface area contributed by atoms with Crippen LogP contribution >= 0.6 is 24.0 Å². The lowest BCUT2D eigenvalue weighted by molar-refractivity contribution is -0.117. The maximum absolute atomic E-state index is 11.9. The van der Waals surface area contributed by atoms with Gasteiger partial charge in [-0.3, -0.25) is 4.79 Å². The van der Waals surface area contributed by atoms with Gasteiger partial charge < -0.3 is 25.2 Å². The molecule has 3 rings (SSSR count). The maximum atomic E-state index is 11.9. The minimum atomic E-state index is -0.226. The van der Waals surface area contributed by atoms with Crippen LogP contribution in [0.3, 0.4) is 0 Å². The second kappa shape index (κ2) is 12.7.